The van der Waals surface area contributed by atoms with Gasteiger partial charge >= 0.3 is 0 Å². The minimum Gasteiger partial charge on any atom is -0.326 e. The maximum absolute atomic E-state index is 12.6. The van der Waals surface area contributed by atoms with Crippen LogP contribution in [0.3, 0.4) is 0 Å². The van der Waals surface area contributed by atoms with Gasteiger partial charge in [0.2, 0.25) is 5.91 Å². The van der Waals surface area contributed by atoms with Crippen molar-refractivity contribution in [2.45, 2.75) is 51.7 Å². The number of carbonyl (C=O) groups excluding carboxylic acids is 1. The van der Waals surface area contributed by atoms with Gasteiger partial charge in [0.1, 0.15) is 0 Å². The van der Waals surface area contributed by atoms with Gasteiger partial charge in [-0.2, -0.15) is 0 Å². The van der Waals surface area contributed by atoms with Crippen molar-refractivity contribution in [2.24, 2.45) is 11.8 Å². The molecule has 1 heterocycles. The Morgan fingerprint density at radius 2 is 2.00 bits per heavy atom. The molecule has 2 fully saturated rings. The van der Waals surface area contributed by atoms with Crippen molar-refractivity contribution >= 4 is 5.91 Å². The van der Waals surface area contributed by atoms with Crippen LogP contribution >= 0.6 is 0 Å². The maximum Gasteiger partial charge on any atom is 0.241 e. The lowest BCUT2D eigenvalue weighted by molar-refractivity contribution is -0.130. The normalized spacial score (nSPS) is 27.1. The van der Waals surface area contributed by atoms with Crippen molar-refractivity contribution in [3.8, 4) is 0 Å². The van der Waals surface area contributed by atoms with Crippen LogP contribution in [-0.4, -0.2) is 29.6 Å². The lowest BCUT2D eigenvalue weighted by Crippen LogP contribution is -2.38. The van der Waals surface area contributed by atoms with Gasteiger partial charge in [0.15, 0.2) is 0 Å². The SMILES string of the molecule is CC(CN1C(=O)C(CCc2ccccc2)NC1C)C1CC1. The summed E-state index contributed by atoms with van der Waals surface area (Å²) in [6, 6.07) is 10.4. The molecule has 0 spiro atoms. The Kier molecular flexibility index (Phi) is 4.29. The fourth-order valence-electron chi connectivity index (χ4n) is 3.38. The summed E-state index contributed by atoms with van der Waals surface area (Å²) in [6.45, 7) is 5.31. The summed E-state index contributed by atoms with van der Waals surface area (Å²) in [5.41, 5.74) is 1.31. The average molecular weight is 286 g/mol. The predicted octanol–water partition coefficient (Wildman–Crippen LogP) is 2.81. The summed E-state index contributed by atoms with van der Waals surface area (Å²) >= 11 is 0. The van der Waals surface area contributed by atoms with E-state index in [-0.39, 0.29) is 12.2 Å². The number of hydrogen-bond acceptors (Lipinski definition) is 2. The van der Waals surface area contributed by atoms with Crippen LogP contribution in [0.1, 0.15) is 38.7 Å². The molecule has 1 saturated heterocycles. The molecule has 1 aliphatic carbocycles. The van der Waals surface area contributed by atoms with Gasteiger partial charge in [-0.25, -0.2) is 0 Å². The van der Waals surface area contributed by atoms with E-state index >= 15 is 0 Å². The number of benzene rings is 1. The van der Waals surface area contributed by atoms with E-state index in [1.807, 2.05) is 6.07 Å². The zero-order chi connectivity index (χ0) is 14.8. The highest BCUT2D eigenvalue weighted by atomic mass is 16.2. The number of hydrogen-bond donors (Lipinski definition) is 1. The third-order valence-electron chi connectivity index (χ3n) is 4.97. The van der Waals surface area contributed by atoms with Crippen LogP contribution in [0.4, 0.5) is 0 Å². The minimum absolute atomic E-state index is 0.00777. The molecule has 1 saturated carbocycles. The van der Waals surface area contributed by atoms with Gasteiger partial charge in [-0.1, -0.05) is 37.3 Å². The monoisotopic (exact) mass is 286 g/mol. The Morgan fingerprint density at radius 3 is 2.67 bits per heavy atom. The smallest absolute Gasteiger partial charge is 0.241 e. The Morgan fingerprint density at radius 1 is 1.29 bits per heavy atom. The van der Waals surface area contributed by atoms with Crippen LogP contribution in [-0.2, 0) is 11.2 Å². The second-order valence-electron chi connectivity index (χ2n) is 6.72. The highest BCUT2D eigenvalue weighted by Gasteiger charge is 2.38. The zero-order valence-corrected chi connectivity index (χ0v) is 13.1. The molecular formula is C18H26N2O. The molecule has 2 aliphatic rings. The van der Waals surface area contributed by atoms with Crippen molar-refractivity contribution in [1.82, 2.24) is 10.2 Å². The van der Waals surface area contributed by atoms with Crippen LogP contribution < -0.4 is 5.32 Å². The van der Waals surface area contributed by atoms with Gasteiger partial charge < -0.3 is 4.90 Å². The summed E-state index contributed by atoms with van der Waals surface area (Å²) in [5.74, 6) is 1.80. The molecule has 1 amide bonds. The number of nitrogens with one attached hydrogen (secondary N) is 1. The van der Waals surface area contributed by atoms with Gasteiger partial charge in [-0.05, 0) is 50.0 Å². The van der Waals surface area contributed by atoms with E-state index in [2.05, 4.69) is 48.3 Å². The van der Waals surface area contributed by atoms with Crippen molar-refractivity contribution in [3.05, 3.63) is 35.9 Å². The zero-order valence-electron chi connectivity index (χ0n) is 13.1. The van der Waals surface area contributed by atoms with Gasteiger partial charge in [-0.15, -0.1) is 0 Å². The van der Waals surface area contributed by atoms with Crippen LogP contribution in [0.2, 0.25) is 0 Å². The van der Waals surface area contributed by atoms with E-state index in [9.17, 15) is 4.79 Å². The number of nitrogens with zero attached hydrogens (tertiary/aromatic N) is 1. The fourth-order valence-corrected chi connectivity index (χ4v) is 3.38. The molecule has 1 aliphatic heterocycles. The lowest BCUT2D eigenvalue weighted by Gasteiger charge is -2.24. The highest BCUT2D eigenvalue weighted by molar-refractivity contribution is 5.84. The summed E-state index contributed by atoms with van der Waals surface area (Å²) in [5, 5.41) is 3.47. The van der Waals surface area contributed by atoms with E-state index in [1.165, 1.54) is 18.4 Å². The Labute approximate surface area is 127 Å². The summed E-state index contributed by atoms with van der Waals surface area (Å²) in [6.07, 6.45) is 4.73. The minimum atomic E-state index is -0.00777. The van der Waals surface area contributed by atoms with Crippen LogP contribution in [0, 0.1) is 11.8 Å². The largest absolute Gasteiger partial charge is 0.326 e. The molecular weight excluding hydrogens is 260 g/mol. The Bertz CT molecular complexity index is 483. The van der Waals surface area contributed by atoms with Crippen molar-refractivity contribution in [3.63, 3.8) is 0 Å². The van der Waals surface area contributed by atoms with Crippen molar-refractivity contribution < 1.29 is 4.79 Å². The molecule has 3 atom stereocenters. The van der Waals surface area contributed by atoms with E-state index in [1.54, 1.807) is 0 Å². The average Bonchev–Trinajstić information content (AvgIpc) is 3.30. The number of aryl methyl sites for hydroxylation is 1. The van der Waals surface area contributed by atoms with Gasteiger partial charge in [0.25, 0.3) is 0 Å². The van der Waals surface area contributed by atoms with E-state index in [0.29, 0.717) is 11.8 Å². The standard InChI is InChI=1S/C18H26N2O/c1-13(16-9-10-16)12-20-14(2)19-17(18(20)21)11-8-15-6-4-3-5-7-15/h3-7,13-14,16-17,19H,8-12H2,1-2H3. The summed E-state index contributed by atoms with van der Waals surface area (Å²) in [7, 11) is 0. The van der Waals surface area contributed by atoms with Gasteiger partial charge in [0.05, 0.1) is 12.2 Å². The first kappa shape index (κ1) is 14.6. The van der Waals surface area contributed by atoms with Crippen LogP contribution in [0.25, 0.3) is 0 Å². The Balaban J connectivity index is 1.54. The lowest BCUT2D eigenvalue weighted by atomic mass is 10.0. The Hall–Kier alpha value is -1.35. The first-order valence-electron chi connectivity index (χ1n) is 8.25. The molecule has 114 valence electrons. The van der Waals surface area contributed by atoms with Crippen LogP contribution in [0.5, 0.6) is 0 Å². The first-order valence-corrected chi connectivity index (χ1v) is 8.25. The molecule has 3 rings (SSSR count). The molecule has 0 radical (unpaired) electrons. The highest BCUT2D eigenvalue weighted by Crippen LogP contribution is 2.37. The molecule has 1 aromatic rings. The van der Waals surface area contributed by atoms with Crippen molar-refractivity contribution in [1.29, 1.82) is 0 Å². The third-order valence-corrected chi connectivity index (χ3v) is 4.97. The van der Waals surface area contributed by atoms with Crippen molar-refractivity contribution in [2.75, 3.05) is 6.54 Å². The second-order valence-corrected chi connectivity index (χ2v) is 6.72. The quantitative estimate of drug-likeness (QED) is 0.872. The number of carbonyl (C=O) groups is 1. The van der Waals surface area contributed by atoms with Gasteiger partial charge in [0, 0.05) is 6.54 Å². The van der Waals surface area contributed by atoms with Crippen LogP contribution in [0.15, 0.2) is 30.3 Å². The fraction of sp³-hybridized carbons (Fsp3) is 0.611. The summed E-state index contributed by atoms with van der Waals surface area (Å²) < 4.78 is 0. The topological polar surface area (TPSA) is 32.3 Å². The van der Waals surface area contributed by atoms with E-state index in [0.717, 1.165) is 25.3 Å². The molecule has 3 nitrogen and oxygen atoms in total. The third kappa shape index (κ3) is 3.46. The molecule has 0 bridgehead atoms. The predicted molar refractivity (Wildman–Crippen MR) is 84.7 cm³/mol. The number of rotatable bonds is 6. The molecule has 0 aromatic heterocycles. The van der Waals surface area contributed by atoms with Gasteiger partial charge in [-0.3, -0.25) is 10.1 Å². The molecule has 3 heteroatoms. The molecule has 1 N–H and O–H groups in total. The summed E-state index contributed by atoms with van der Waals surface area (Å²) in [4.78, 5) is 14.6. The number of amides is 1. The molecule has 1 aromatic carbocycles. The maximum atomic E-state index is 12.6. The second kappa shape index (κ2) is 6.18. The first-order chi connectivity index (χ1) is 10.1. The van der Waals surface area contributed by atoms with E-state index in [4.69, 9.17) is 0 Å². The molecule has 21 heavy (non-hydrogen) atoms. The molecule has 3 unspecified atom stereocenters. The van der Waals surface area contributed by atoms with E-state index < -0.39 is 0 Å².